The average Bonchev–Trinajstić information content (AvgIpc) is 2.95. The molecule has 18 heavy (non-hydrogen) atoms. The SMILES string of the molecule is O[C@H]1CCN(CCCc2nc3ccccc3o2)C1. The number of para-hydroxylation sites is 2. The molecule has 2 aromatic rings. The molecule has 1 saturated heterocycles. The summed E-state index contributed by atoms with van der Waals surface area (Å²) in [6.07, 6.45) is 2.67. The first-order valence-electron chi connectivity index (χ1n) is 6.56. The fraction of sp³-hybridized carbons (Fsp3) is 0.500. The Kier molecular flexibility index (Phi) is 3.30. The number of nitrogens with zero attached hydrogens (tertiary/aromatic N) is 2. The second-order valence-corrected chi connectivity index (χ2v) is 4.92. The van der Waals surface area contributed by atoms with E-state index in [1.165, 1.54) is 0 Å². The Bertz CT molecular complexity index is 490. The molecule has 4 heteroatoms. The summed E-state index contributed by atoms with van der Waals surface area (Å²) < 4.78 is 5.67. The molecule has 0 radical (unpaired) electrons. The quantitative estimate of drug-likeness (QED) is 0.894. The first-order chi connectivity index (χ1) is 8.81. The van der Waals surface area contributed by atoms with Gasteiger partial charge in [-0.15, -0.1) is 0 Å². The van der Waals surface area contributed by atoms with E-state index in [0.29, 0.717) is 0 Å². The van der Waals surface area contributed by atoms with Crippen LogP contribution in [0.25, 0.3) is 11.1 Å². The normalized spacial score (nSPS) is 20.8. The van der Waals surface area contributed by atoms with E-state index in [2.05, 4.69) is 9.88 Å². The number of rotatable bonds is 4. The molecule has 0 spiro atoms. The van der Waals surface area contributed by atoms with Gasteiger partial charge < -0.3 is 14.4 Å². The van der Waals surface area contributed by atoms with E-state index in [-0.39, 0.29) is 6.10 Å². The van der Waals surface area contributed by atoms with Gasteiger partial charge in [0.05, 0.1) is 6.10 Å². The number of hydrogen-bond acceptors (Lipinski definition) is 4. The third kappa shape index (κ3) is 2.54. The van der Waals surface area contributed by atoms with E-state index in [9.17, 15) is 5.11 Å². The Labute approximate surface area is 106 Å². The maximum absolute atomic E-state index is 9.44. The summed E-state index contributed by atoms with van der Waals surface area (Å²) in [5, 5.41) is 9.44. The number of fused-ring (bicyclic) bond motifs is 1. The van der Waals surface area contributed by atoms with Crippen LogP contribution in [0.4, 0.5) is 0 Å². The fourth-order valence-corrected chi connectivity index (χ4v) is 2.50. The van der Waals surface area contributed by atoms with Gasteiger partial charge in [0.15, 0.2) is 11.5 Å². The second-order valence-electron chi connectivity index (χ2n) is 4.92. The van der Waals surface area contributed by atoms with Crippen molar-refractivity contribution in [2.45, 2.75) is 25.4 Å². The molecule has 0 amide bonds. The van der Waals surface area contributed by atoms with Crippen molar-refractivity contribution in [1.82, 2.24) is 9.88 Å². The summed E-state index contributed by atoms with van der Waals surface area (Å²) in [6.45, 7) is 2.83. The highest BCUT2D eigenvalue weighted by atomic mass is 16.3. The minimum absolute atomic E-state index is 0.130. The second kappa shape index (κ2) is 5.08. The Morgan fingerprint density at radius 1 is 1.39 bits per heavy atom. The van der Waals surface area contributed by atoms with Crippen molar-refractivity contribution in [3.05, 3.63) is 30.2 Å². The Hall–Kier alpha value is -1.39. The van der Waals surface area contributed by atoms with E-state index in [1.54, 1.807) is 0 Å². The predicted molar refractivity (Wildman–Crippen MR) is 69.4 cm³/mol. The van der Waals surface area contributed by atoms with E-state index in [0.717, 1.165) is 55.9 Å². The van der Waals surface area contributed by atoms with Crippen molar-refractivity contribution in [3.8, 4) is 0 Å². The number of aryl methyl sites for hydroxylation is 1. The van der Waals surface area contributed by atoms with Crippen LogP contribution in [0.15, 0.2) is 28.7 Å². The van der Waals surface area contributed by atoms with E-state index < -0.39 is 0 Å². The van der Waals surface area contributed by atoms with Crippen molar-refractivity contribution >= 4 is 11.1 Å². The van der Waals surface area contributed by atoms with E-state index >= 15 is 0 Å². The van der Waals surface area contributed by atoms with Crippen LogP contribution in [0.2, 0.25) is 0 Å². The van der Waals surface area contributed by atoms with Gasteiger partial charge in [0.2, 0.25) is 0 Å². The molecular weight excluding hydrogens is 228 g/mol. The van der Waals surface area contributed by atoms with E-state index in [4.69, 9.17) is 4.42 Å². The fourth-order valence-electron chi connectivity index (χ4n) is 2.50. The first kappa shape index (κ1) is 11.7. The van der Waals surface area contributed by atoms with E-state index in [1.807, 2.05) is 24.3 Å². The summed E-state index contributed by atoms with van der Waals surface area (Å²) in [5.74, 6) is 0.816. The van der Waals surface area contributed by atoms with Crippen LogP contribution < -0.4 is 0 Å². The van der Waals surface area contributed by atoms with Gasteiger partial charge in [0.1, 0.15) is 5.52 Å². The number of hydrogen-bond donors (Lipinski definition) is 1. The van der Waals surface area contributed by atoms with Gasteiger partial charge in [0, 0.05) is 19.5 Å². The molecule has 2 heterocycles. The molecular formula is C14H18N2O2. The van der Waals surface area contributed by atoms with Crippen molar-refractivity contribution in [2.24, 2.45) is 0 Å². The summed E-state index contributed by atoms with van der Waals surface area (Å²) in [4.78, 5) is 6.76. The molecule has 1 aromatic carbocycles. The van der Waals surface area contributed by atoms with Crippen molar-refractivity contribution in [1.29, 1.82) is 0 Å². The minimum Gasteiger partial charge on any atom is -0.441 e. The van der Waals surface area contributed by atoms with Crippen LogP contribution in [0.5, 0.6) is 0 Å². The maximum Gasteiger partial charge on any atom is 0.195 e. The minimum atomic E-state index is -0.130. The summed E-state index contributed by atoms with van der Waals surface area (Å²) in [7, 11) is 0. The molecule has 1 fully saturated rings. The number of likely N-dealkylation sites (tertiary alicyclic amines) is 1. The predicted octanol–water partition coefficient (Wildman–Crippen LogP) is 1.83. The molecule has 0 bridgehead atoms. The molecule has 0 saturated carbocycles. The number of aromatic nitrogens is 1. The van der Waals surface area contributed by atoms with Crippen molar-refractivity contribution < 1.29 is 9.52 Å². The third-order valence-electron chi connectivity index (χ3n) is 3.45. The maximum atomic E-state index is 9.44. The molecule has 1 atom stereocenters. The zero-order chi connectivity index (χ0) is 12.4. The van der Waals surface area contributed by atoms with Crippen LogP contribution in [0.1, 0.15) is 18.7 Å². The Balaban J connectivity index is 1.53. The van der Waals surface area contributed by atoms with Gasteiger partial charge in [-0.1, -0.05) is 12.1 Å². The molecule has 1 aliphatic rings. The largest absolute Gasteiger partial charge is 0.441 e. The van der Waals surface area contributed by atoms with Crippen LogP contribution in [0, 0.1) is 0 Å². The molecule has 3 rings (SSSR count). The van der Waals surface area contributed by atoms with Gasteiger partial charge in [-0.2, -0.15) is 0 Å². The van der Waals surface area contributed by atoms with Crippen LogP contribution in [0.3, 0.4) is 0 Å². The zero-order valence-electron chi connectivity index (χ0n) is 10.4. The highest BCUT2D eigenvalue weighted by molar-refractivity contribution is 5.72. The lowest BCUT2D eigenvalue weighted by molar-refractivity contribution is 0.176. The summed E-state index contributed by atoms with van der Waals surface area (Å²) in [6, 6.07) is 7.85. The molecule has 0 unspecified atom stereocenters. The molecule has 4 nitrogen and oxygen atoms in total. The number of aliphatic hydroxyl groups is 1. The first-order valence-corrected chi connectivity index (χ1v) is 6.56. The Morgan fingerprint density at radius 2 is 2.28 bits per heavy atom. The molecule has 1 N–H and O–H groups in total. The monoisotopic (exact) mass is 246 g/mol. The standard InChI is InChI=1S/C14H18N2O2/c17-11-7-9-16(10-11)8-3-6-14-15-12-4-1-2-5-13(12)18-14/h1-2,4-5,11,17H,3,6-10H2/t11-/m0/s1. The molecule has 0 aliphatic carbocycles. The van der Waals surface area contributed by atoms with Gasteiger partial charge in [-0.3, -0.25) is 0 Å². The lowest BCUT2D eigenvalue weighted by Crippen LogP contribution is -2.23. The van der Waals surface area contributed by atoms with Crippen LogP contribution in [-0.4, -0.2) is 40.7 Å². The number of β-amino-alcohol motifs (C(OH)–C–C–N with tert-alkyl or cyclic N) is 1. The summed E-state index contributed by atoms with van der Waals surface area (Å²) in [5.41, 5.74) is 1.80. The lowest BCUT2D eigenvalue weighted by Gasteiger charge is -2.13. The third-order valence-corrected chi connectivity index (χ3v) is 3.45. The highest BCUT2D eigenvalue weighted by Gasteiger charge is 2.19. The van der Waals surface area contributed by atoms with Crippen molar-refractivity contribution in [2.75, 3.05) is 19.6 Å². The number of aliphatic hydroxyl groups excluding tert-OH is 1. The smallest absolute Gasteiger partial charge is 0.195 e. The number of oxazole rings is 1. The zero-order valence-corrected chi connectivity index (χ0v) is 10.4. The van der Waals surface area contributed by atoms with Gasteiger partial charge in [-0.05, 0) is 31.5 Å². The van der Waals surface area contributed by atoms with Crippen molar-refractivity contribution in [3.63, 3.8) is 0 Å². The van der Waals surface area contributed by atoms with Gasteiger partial charge in [-0.25, -0.2) is 4.98 Å². The number of benzene rings is 1. The molecule has 96 valence electrons. The van der Waals surface area contributed by atoms with Gasteiger partial charge >= 0.3 is 0 Å². The Morgan fingerprint density at radius 3 is 3.06 bits per heavy atom. The average molecular weight is 246 g/mol. The van der Waals surface area contributed by atoms with Crippen LogP contribution in [-0.2, 0) is 6.42 Å². The highest BCUT2D eigenvalue weighted by Crippen LogP contribution is 2.16. The lowest BCUT2D eigenvalue weighted by atomic mass is 10.3. The summed E-state index contributed by atoms with van der Waals surface area (Å²) >= 11 is 0. The van der Waals surface area contributed by atoms with Crippen LogP contribution >= 0.6 is 0 Å². The molecule has 1 aliphatic heterocycles. The molecule has 1 aromatic heterocycles. The van der Waals surface area contributed by atoms with Gasteiger partial charge in [0.25, 0.3) is 0 Å². The topological polar surface area (TPSA) is 49.5 Å².